The number of anilines is 1. The Bertz CT molecular complexity index is 960. The molecule has 0 aliphatic carbocycles. The monoisotopic (exact) mass is 378 g/mol. The van der Waals surface area contributed by atoms with Gasteiger partial charge in [-0.25, -0.2) is 12.8 Å². The lowest BCUT2D eigenvalue weighted by molar-refractivity contribution is -0.129. The van der Waals surface area contributed by atoms with Crippen LogP contribution in [-0.2, 0) is 27.8 Å². The normalized spacial score (nSPS) is 13.9. The number of fused-ring (bicyclic) bond motifs is 1. The summed E-state index contributed by atoms with van der Waals surface area (Å²) in [7, 11) is -2.71. The van der Waals surface area contributed by atoms with E-state index in [1.165, 1.54) is 20.1 Å². The SMILES string of the molecule is COc1ccc(F)cc1S(=O)(=O)Nc1ccc2c(c1)CN(C(C)=O)CC2. The van der Waals surface area contributed by atoms with E-state index in [9.17, 15) is 17.6 Å². The van der Waals surface area contributed by atoms with Gasteiger partial charge in [0.2, 0.25) is 5.91 Å². The van der Waals surface area contributed by atoms with E-state index in [1.54, 1.807) is 17.0 Å². The first kappa shape index (κ1) is 18.2. The van der Waals surface area contributed by atoms with Crippen LogP contribution in [0.2, 0.25) is 0 Å². The second-order valence-electron chi connectivity index (χ2n) is 6.07. The molecule has 1 heterocycles. The molecule has 1 aliphatic heterocycles. The summed E-state index contributed by atoms with van der Waals surface area (Å²) in [5, 5.41) is 0. The molecule has 6 nitrogen and oxygen atoms in total. The van der Waals surface area contributed by atoms with E-state index in [2.05, 4.69) is 4.72 Å². The van der Waals surface area contributed by atoms with Gasteiger partial charge in [-0.2, -0.15) is 0 Å². The Labute approximate surface area is 151 Å². The van der Waals surface area contributed by atoms with E-state index in [4.69, 9.17) is 4.74 Å². The minimum atomic E-state index is -4.03. The molecular weight excluding hydrogens is 359 g/mol. The minimum absolute atomic E-state index is 0.0221. The lowest BCUT2D eigenvalue weighted by Gasteiger charge is -2.28. The van der Waals surface area contributed by atoms with Gasteiger partial charge in [0.05, 0.1) is 7.11 Å². The number of hydrogen-bond acceptors (Lipinski definition) is 4. The molecule has 0 saturated heterocycles. The van der Waals surface area contributed by atoms with Crippen LogP contribution in [0.3, 0.4) is 0 Å². The number of ether oxygens (including phenoxy) is 1. The molecule has 1 aliphatic rings. The van der Waals surface area contributed by atoms with Crippen LogP contribution >= 0.6 is 0 Å². The highest BCUT2D eigenvalue weighted by molar-refractivity contribution is 7.92. The molecule has 26 heavy (non-hydrogen) atoms. The summed E-state index contributed by atoms with van der Waals surface area (Å²) in [6.45, 7) is 2.59. The van der Waals surface area contributed by atoms with Gasteiger partial charge in [-0.3, -0.25) is 9.52 Å². The maximum Gasteiger partial charge on any atom is 0.265 e. The number of nitrogens with one attached hydrogen (secondary N) is 1. The van der Waals surface area contributed by atoms with Crippen LogP contribution in [0.4, 0.5) is 10.1 Å². The maximum absolute atomic E-state index is 13.5. The average Bonchev–Trinajstić information content (AvgIpc) is 2.60. The standard InChI is InChI=1S/C18H19FN2O4S/c1-12(22)21-8-7-13-3-5-16(9-14(13)11-21)20-26(23,24)18-10-15(19)4-6-17(18)25-2/h3-6,9-10,20H,7-8,11H2,1-2H3. The summed E-state index contributed by atoms with van der Waals surface area (Å²) in [5.41, 5.74) is 2.31. The Balaban J connectivity index is 1.91. The van der Waals surface area contributed by atoms with Crippen LogP contribution in [0.25, 0.3) is 0 Å². The summed E-state index contributed by atoms with van der Waals surface area (Å²) in [6, 6.07) is 8.51. The maximum atomic E-state index is 13.5. The van der Waals surface area contributed by atoms with E-state index >= 15 is 0 Å². The highest BCUT2D eigenvalue weighted by atomic mass is 32.2. The van der Waals surface area contributed by atoms with Crippen LogP contribution < -0.4 is 9.46 Å². The molecule has 2 aromatic rings. The van der Waals surface area contributed by atoms with Crippen molar-refractivity contribution in [3.63, 3.8) is 0 Å². The van der Waals surface area contributed by atoms with Crippen LogP contribution in [-0.4, -0.2) is 32.9 Å². The molecule has 0 spiro atoms. The topological polar surface area (TPSA) is 75.7 Å². The van der Waals surface area contributed by atoms with Gasteiger partial charge in [-0.15, -0.1) is 0 Å². The number of rotatable bonds is 4. The zero-order valence-corrected chi connectivity index (χ0v) is 15.3. The van der Waals surface area contributed by atoms with Crippen molar-refractivity contribution in [2.75, 3.05) is 18.4 Å². The van der Waals surface area contributed by atoms with Gasteiger partial charge in [0.15, 0.2) is 0 Å². The second-order valence-corrected chi connectivity index (χ2v) is 7.73. The number of carbonyl (C=O) groups excluding carboxylic acids is 1. The molecule has 8 heteroatoms. The average molecular weight is 378 g/mol. The fourth-order valence-corrected chi connectivity index (χ4v) is 4.19. The molecule has 0 aromatic heterocycles. The zero-order valence-electron chi connectivity index (χ0n) is 14.5. The molecule has 0 fully saturated rings. The highest BCUT2D eigenvalue weighted by Gasteiger charge is 2.22. The second kappa shape index (κ2) is 6.95. The smallest absolute Gasteiger partial charge is 0.265 e. The third kappa shape index (κ3) is 3.65. The first-order valence-corrected chi connectivity index (χ1v) is 9.52. The summed E-state index contributed by atoms with van der Waals surface area (Å²) in [4.78, 5) is 13.0. The fraction of sp³-hybridized carbons (Fsp3) is 0.278. The largest absolute Gasteiger partial charge is 0.495 e. The molecule has 0 saturated carbocycles. The number of amides is 1. The zero-order chi connectivity index (χ0) is 18.9. The predicted molar refractivity (Wildman–Crippen MR) is 95.0 cm³/mol. The number of sulfonamides is 1. The van der Waals surface area contributed by atoms with Gasteiger partial charge >= 0.3 is 0 Å². The molecule has 0 radical (unpaired) electrons. The van der Waals surface area contributed by atoms with Crippen molar-refractivity contribution in [1.29, 1.82) is 0 Å². The molecule has 1 N–H and O–H groups in total. The highest BCUT2D eigenvalue weighted by Crippen LogP contribution is 2.28. The number of carbonyl (C=O) groups is 1. The van der Waals surface area contributed by atoms with Crippen LogP contribution in [0.15, 0.2) is 41.3 Å². The molecule has 2 aromatic carbocycles. The number of halogens is 1. The van der Waals surface area contributed by atoms with Gasteiger partial charge in [0.1, 0.15) is 16.5 Å². The third-order valence-corrected chi connectivity index (χ3v) is 5.73. The molecule has 0 atom stereocenters. The Morgan fingerprint density at radius 2 is 1.96 bits per heavy atom. The van der Waals surface area contributed by atoms with E-state index in [-0.39, 0.29) is 16.6 Å². The molecule has 1 amide bonds. The van der Waals surface area contributed by atoms with E-state index in [1.807, 2.05) is 6.07 Å². The predicted octanol–water partition coefficient (Wildman–Crippen LogP) is 2.54. The van der Waals surface area contributed by atoms with Crippen LogP contribution in [0.1, 0.15) is 18.1 Å². The Kier molecular flexibility index (Phi) is 4.86. The van der Waals surface area contributed by atoms with Crippen molar-refractivity contribution in [2.45, 2.75) is 24.8 Å². The number of nitrogens with zero attached hydrogens (tertiary/aromatic N) is 1. The number of methoxy groups -OCH3 is 1. The fourth-order valence-electron chi connectivity index (χ4n) is 2.96. The van der Waals surface area contributed by atoms with Crippen molar-refractivity contribution in [1.82, 2.24) is 4.90 Å². The van der Waals surface area contributed by atoms with Crippen molar-refractivity contribution in [2.24, 2.45) is 0 Å². The van der Waals surface area contributed by atoms with Gasteiger partial charge in [-0.05, 0) is 47.9 Å². The van der Waals surface area contributed by atoms with Crippen molar-refractivity contribution < 1.29 is 22.3 Å². The van der Waals surface area contributed by atoms with Crippen molar-refractivity contribution in [3.05, 3.63) is 53.3 Å². The Hall–Kier alpha value is -2.61. The summed E-state index contributed by atoms with van der Waals surface area (Å²) in [6.07, 6.45) is 0.722. The molecule has 0 bridgehead atoms. The molecule has 0 unspecified atom stereocenters. The first-order valence-electron chi connectivity index (χ1n) is 8.04. The minimum Gasteiger partial charge on any atom is -0.495 e. The lowest BCUT2D eigenvalue weighted by atomic mass is 9.99. The van der Waals surface area contributed by atoms with Crippen LogP contribution in [0.5, 0.6) is 5.75 Å². The lowest BCUT2D eigenvalue weighted by Crippen LogP contribution is -2.34. The Morgan fingerprint density at radius 1 is 1.19 bits per heavy atom. The van der Waals surface area contributed by atoms with Gasteiger partial charge < -0.3 is 9.64 Å². The quantitative estimate of drug-likeness (QED) is 0.887. The van der Waals surface area contributed by atoms with E-state index in [0.29, 0.717) is 18.8 Å². The van der Waals surface area contributed by atoms with Crippen molar-refractivity contribution >= 4 is 21.6 Å². The van der Waals surface area contributed by atoms with Gasteiger partial charge in [-0.1, -0.05) is 6.07 Å². The number of benzene rings is 2. The van der Waals surface area contributed by atoms with Gasteiger partial charge in [0, 0.05) is 25.7 Å². The Morgan fingerprint density at radius 3 is 2.65 bits per heavy atom. The van der Waals surface area contributed by atoms with E-state index < -0.39 is 15.8 Å². The first-order chi connectivity index (χ1) is 12.3. The number of hydrogen-bond donors (Lipinski definition) is 1. The summed E-state index contributed by atoms with van der Waals surface area (Å²) >= 11 is 0. The summed E-state index contributed by atoms with van der Waals surface area (Å²) < 4.78 is 46.3. The van der Waals surface area contributed by atoms with E-state index in [0.717, 1.165) is 29.7 Å². The molecule has 3 rings (SSSR count). The third-order valence-electron chi connectivity index (χ3n) is 4.33. The van der Waals surface area contributed by atoms with Crippen LogP contribution in [0, 0.1) is 5.82 Å². The summed E-state index contributed by atoms with van der Waals surface area (Å²) in [5.74, 6) is -0.639. The molecular formula is C18H19FN2O4S. The van der Waals surface area contributed by atoms with Gasteiger partial charge in [0.25, 0.3) is 10.0 Å². The molecule has 138 valence electrons. The van der Waals surface area contributed by atoms with Crippen molar-refractivity contribution in [3.8, 4) is 5.75 Å².